The van der Waals surface area contributed by atoms with Crippen molar-refractivity contribution in [3.63, 3.8) is 0 Å². The molecule has 1 aromatic carbocycles. The van der Waals surface area contributed by atoms with Crippen LogP contribution in [-0.4, -0.2) is 28.2 Å². The molecule has 3 aromatic rings. The van der Waals surface area contributed by atoms with Crippen LogP contribution in [0.1, 0.15) is 41.8 Å². The van der Waals surface area contributed by atoms with Crippen LogP contribution in [0.15, 0.2) is 36.5 Å². The molecule has 3 heterocycles. The Balaban J connectivity index is 1.39. The molecule has 1 aliphatic rings. The highest BCUT2D eigenvalue weighted by Gasteiger charge is 2.23. The average molecular weight is 325 g/mol. The Kier molecular flexibility index (Phi) is 4.19. The second-order valence-electron chi connectivity index (χ2n) is 6.46. The van der Waals surface area contributed by atoms with Crippen molar-refractivity contribution in [3.8, 4) is 0 Å². The fourth-order valence-electron chi connectivity index (χ4n) is 3.67. The summed E-state index contributed by atoms with van der Waals surface area (Å²) in [7, 11) is 0. The molecule has 120 valence electrons. The van der Waals surface area contributed by atoms with E-state index in [1.165, 1.54) is 52.2 Å². The van der Waals surface area contributed by atoms with Crippen molar-refractivity contribution in [3.05, 3.63) is 52.7 Å². The molecule has 1 N–H and O–H groups in total. The van der Waals surface area contributed by atoms with Crippen LogP contribution in [0.5, 0.6) is 0 Å². The second-order valence-corrected chi connectivity index (χ2v) is 7.63. The number of fused-ring (bicyclic) bond motifs is 1. The van der Waals surface area contributed by atoms with Crippen molar-refractivity contribution in [2.75, 3.05) is 13.1 Å². The molecule has 1 fully saturated rings. The van der Waals surface area contributed by atoms with Gasteiger partial charge in [0.15, 0.2) is 0 Å². The zero-order valence-corrected chi connectivity index (χ0v) is 14.4. The van der Waals surface area contributed by atoms with Crippen molar-refractivity contribution in [1.82, 2.24) is 15.1 Å². The zero-order chi connectivity index (χ0) is 15.6. The lowest BCUT2D eigenvalue weighted by Crippen LogP contribution is -2.32. The summed E-state index contributed by atoms with van der Waals surface area (Å²) in [6, 6.07) is 11.0. The Morgan fingerprint density at radius 1 is 1.26 bits per heavy atom. The topological polar surface area (TPSA) is 31.9 Å². The van der Waals surface area contributed by atoms with Gasteiger partial charge in [-0.05, 0) is 55.4 Å². The van der Waals surface area contributed by atoms with Gasteiger partial charge in [-0.25, -0.2) is 0 Å². The van der Waals surface area contributed by atoms with Crippen LogP contribution in [0.2, 0.25) is 0 Å². The van der Waals surface area contributed by atoms with Gasteiger partial charge in [-0.3, -0.25) is 10.00 Å². The third kappa shape index (κ3) is 3.06. The lowest BCUT2D eigenvalue weighted by Gasteiger charge is -2.31. The number of thiophene rings is 1. The maximum Gasteiger partial charge on any atom is 0.0522 e. The zero-order valence-electron chi connectivity index (χ0n) is 13.6. The molecule has 0 radical (unpaired) electrons. The summed E-state index contributed by atoms with van der Waals surface area (Å²) in [6.07, 6.45) is 5.55. The van der Waals surface area contributed by atoms with Crippen molar-refractivity contribution in [1.29, 1.82) is 0 Å². The number of hydrogen-bond donors (Lipinski definition) is 1. The first-order chi connectivity index (χ1) is 11.3. The summed E-state index contributed by atoms with van der Waals surface area (Å²) < 4.78 is 1.41. The molecule has 1 saturated heterocycles. The predicted molar refractivity (Wildman–Crippen MR) is 97.0 cm³/mol. The molecule has 4 rings (SSSR count). The third-order valence-electron chi connectivity index (χ3n) is 4.98. The molecule has 0 saturated carbocycles. The molecule has 0 amide bonds. The number of nitrogens with one attached hydrogen (secondary N) is 1. The highest BCUT2D eigenvalue weighted by atomic mass is 32.1. The van der Waals surface area contributed by atoms with E-state index in [2.05, 4.69) is 52.4 Å². The van der Waals surface area contributed by atoms with Crippen LogP contribution in [0.3, 0.4) is 0 Å². The number of aryl methyl sites for hydroxylation is 1. The maximum absolute atomic E-state index is 4.24. The van der Waals surface area contributed by atoms with Gasteiger partial charge in [0, 0.05) is 27.7 Å². The predicted octanol–water partition coefficient (Wildman–Crippen LogP) is 4.57. The number of rotatable bonds is 4. The minimum atomic E-state index is 0.658. The minimum absolute atomic E-state index is 0.658. The summed E-state index contributed by atoms with van der Waals surface area (Å²) >= 11 is 1.94. The molecule has 2 aromatic heterocycles. The fourth-order valence-corrected chi connectivity index (χ4v) is 4.78. The highest BCUT2D eigenvalue weighted by molar-refractivity contribution is 7.19. The quantitative estimate of drug-likeness (QED) is 0.762. The number of hydrogen-bond acceptors (Lipinski definition) is 3. The van der Waals surface area contributed by atoms with Crippen LogP contribution in [0, 0.1) is 0 Å². The first-order valence-electron chi connectivity index (χ1n) is 8.55. The SMILES string of the molecule is CCc1cn[nH]c1C1CCN(Cc2cc3ccccc3s2)CC1. The number of likely N-dealkylation sites (tertiary alicyclic amines) is 1. The molecule has 0 spiro atoms. The van der Waals surface area contributed by atoms with E-state index >= 15 is 0 Å². The minimum Gasteiger partial charge on any atom is -0.298 e. The number of aromatic nitrogens is 2. The molecule has 0 bridgehead atoms. The van der Waals surface area contributed by atoms with Crippen LogP contribution < -0.4 is 0 Å². The first kappa shape index (κ1) is 14.9. The van der Waals surface area contributed by atoms with Gasteiger partial charge in [0.05, 0.1) is 6.20 Å². The Morgan fingerprint density at radius 2 is 2.09 bits per heavy atom. The molecule has 0 aliphatic carbocycles. The van der Waals surface area contributed by atoms with Gasteiger partial charge in [-0.15, -0.1) is 11.3 Å². The standard InChI is InChI=1S/C19H23N3S/c1-2-14-12-20-21-19(14)15-7-9-22(10-8-15)13-17-11-16-5-3-4-6-18(16)23-17/h3-6,11-12,15H,2,7-10,13H2,1H3,(H,20,21). The number of nitrogens with zero attached hydrogens (tertiary/aromatic N) is 2. The summed E-state index contributed by atoms with van der Waals surface area (Å²) in [6.45, 7) is 5.67. The van der Waals surface area contributed by atoms with Crippen molar-refractivity contribution in [2.45, 2.75) is 38.6 Å². The van der Waals surface area contributed by atoms with Gasteiger partial charge in [0.25, 0.3) is 0 Å². The molecule has 23 heavy (non-hydrogen) atoms. The van der Waals surface area contributed by atoms with Gasteiger partial charge >= 0.3 is 0 Å². The molecule has 0 unspecified atom stereocenters. The van der Waals surface area contributed by atoms with Crippen molar-refractivity contribution >= 4 is 21.4 Å². The van der Waals surface area contributed by atoms with Crippen LogP contribution in [0.4, 0.5) is 0 Å². The van der Waals surface area contributed by atoms with E-state index in [0.29, 0.717) is 5.92 Å². The highest BCUT2D eigenvalue weighted by Crippen LogP contribution is 2.31. The lowest BCUT2D eigenvalue weighted by molar-refractivity contribution is 0.204. The largest absolute Gasteiger partial charge is 0.298 e. The normalized spacial score (nSPS) is 17.1. The number of piperidine rings is 1. The molecule has 4 heteroatoms. The molecule has 3 nitrogen and oxygen atoms in total. The first-order valence-corrected chi connectivity index (χ1v) is 9.37. The fraction of sp³-hybridized carbons (Fsp3) is 0.421. The third-order valence-corrected chi connectivity index (χ3v) is 6.08. The van der Waals surface area contributed by atoms with E-state index in [1.54, 1.807) is 0 Å². The van der Waals surface area contributed by atoms with E-state index < -0.39 is 0 Å². The molecular weight excluding hydrogens is 302 g/mol. The number of aromatic amines is 1. The number of H-pyrrole nitrogens is 1. The maximum atomic E-state index is 4.24. The molecule has 1 aliphatic heterocycles. The Labute approximate surface area is 141 Å². The molecule has 0 atom stereocenters. The van der Waals surface area contributed by atoms with Crippen molar-refractivity contribution in [2.24, 2.45) is 0 Å². The van der Waals surface area contributed by atoms with Crippen LogP contribution in [0.25, 0.3) is 10.1 Å². The van der Waals surface area contributed by atoms with Crippen molar-refractivity contribution < 1.29 is 0 Å². The van der Waals surface area contributed by atoms with E-state index in [1.807, 2.05) is 17.5 Å². The summed E-state index contributed by atoms with van der Waals surface area (Å²) in [4.78, 5) is 4.09. The van der Waals surface area contributed by atoms with E-state index in [-0.39, 0.29) is 0 Å². The second kappa shape index (κ2) is 6.46. The Hall–Kier alpha value is -1.65. The Bertz CT molecular complexity index is 748. The summed E-state index contributed by atoms with van der Waals surface area (Å²) in [5.41, 5.74) is 2.78. The van der Waals surface area contributed by atoms with E-state index in [4.69, 9.17) is 0 Å². The monoisotopic (exact) mass is 325 g/mol. The summed E-state index contributed by atoms with van der Waals surface area (Å²) in [5, 5.41) is 8.87. The van der Waals surface area contributed by atoms with Gasteiger partial charge < -0.3 is 0 Å². The van der Waals surface area contributed by atoms with Gasteiger partial charge in [0.2, 0.25) is 0 Å². The van der Waals surface area contributed by atoms with Gasteiger partial charge in [-0.1, -0.05) is 25.1 Å². The molecular formula is C19H23N3S. The number of benzene rings is 1. The van der Waals surface area contributed by atoms with E-state index in [0.717, 1.165) is 13.0 Å². The lowest BCUT2D eigenvalue weighted by atomic mass is 9.91. The Morgan fingerprint density at radius 3 is 2.87 bits per heavy atom. The van der Waals surface area contributed by atoms with Gasteiger partial charge in [0.1, 0.15) is 0 Å². The van der Waals surface area contributed by atoms with E-state index in [9.17, 15) is 0 Å². The summed E-state index contributed by atoms with van der Waals surface area (Å²) in [5.74, 6) is 0.658. The van der Waals surface area contributed by atoms with Gasteiger partial charge in [-0.2, -0.15) is 5.10 Å². The smallest absolute Gasteiger partial charge is 0.0522 e. The average Bonchev–Trinajstić information content (AvgIpc) is 3.21. The van der Waals surface area contributed by atoms with Crippen LogP contribution >= 0.6 is 11.3 Å². The van der Waals surface area contributed by atoms with Crippen LogP contribution in [-0.2, 0) is 13.0 Å².